The summed E-state index contributed by atoms with van der Waals surface area (Å²) in [6, 6.07) is 4.25. The van der Waals surface area contributed by atoms with Gasteiger partial charge in [0, 0.05) is 26.2 Å². The first kappa shape index (κ1) is 18.7. The van der Waals surface area contributed by atoms with E-state index in [4.69, 9.17) is 9.52 Å². The smallest absolute Gasteiger partial charge is 0.129 e. The Bertz CT molecular complexity index is 341. The van der Waals surface area contributed by atoms with E-state index in [-0.39, 0.29) is 31.4 Å². The fourth-order valence-corrected chi connectivity index (χ4v) is 2.43. The van der Waals surface area contributed by atoms with Crippen LogP contribution in [0.4, 0.5) is 0 Å². The maximum Gasteiger partial charge on any atom is 0.129 e. The van der Waals surface area contributed by atoms with Crippen molar-refractivity contribution in [1.29, 1.82) is 0 Å². The fraction of sp³-hybridized carbons (Fsp3) is 0.692. The van der Waals surface area contributed by atoms with Crippen LogP contribution in [0.3, 0.4) is 0 Å². The summed E-state index contributed by atoms with van der Waals surface area (Å²) in [7, 11) is 0. The molecule has 2 rings (SSSR count). The molecule has 1 aromatic rings. The van der Waals surface area contributed by atoms with Crippen molar-refractivity contribution in [2.75, 3.05) is 26.2 Å². The van der Waals surface area contributed by atoms with Gasteiger partial charge in [0.15, 0.2) is 0 Å². The molecule has 19 heavy (non-hydrogen) atoms. The van der Waals surface area contributed by atoms with E-state index in [0.717, 1.165) is 44.8 Å². The largest absolute Gasteiger partial charge is 0.462 e. The number of hydrogen-bond donors (Lipinski definition) is 2. The maximum atomic E-state index is 9.06. The van der Waals surface area contributed by atoms with Gasteiger partial charge in [0.05, 0.1) is 6.04 Å². The second kappa shape index (κ2) is 9.61. The van der Waals surface area contributed by atoms with E-state index in [1.165, 1.54) is 0 Å². The van der Waals surface area contributed by atoms with Crippen LogP contribution < -0.4 is 5.32 Å². The molecule has 1 aliphatic rings. The van der Waals surface area contributed by atoms with E-state index in [0.29, 0.717) is 11.8 Å². The van der Waals surface area contributed by atoms with Crippen molar-refractivity contribution in [2.45, 2.75) is 32.4 Å². The zero-order valence-corrected chi connectivity index (χ0v) is 12.9. The summed E-state index contributed by atoms with van der Waals surface area (Å²) >= 11 is 0. The van der Waals surface area contributed by atoms with Crippen molar-refractivity contribution in [3.63, 3.8) is 0 Å². The minimum atomic E-state index is -0.0135. The Morgan fingerprint density at radius 1 is 1.32 bits per heavy atom. The molecule has 1 aromatic heterocycles. The molecule has 1 fully saturated rings. The van der Waals surface area contributed by atoms with Crippen LogP contribution in [-0.4, -0.2) is 36.2 Å². The lowest BCUT2D eigenvalue weighted by Crippen LogP contribution is -2.45. The van der Waals surface area contributed by atoms with Gasteiger partial charge in [-0.2, -0.15) is 0 Å². The van der Waals surface area contributed by atoms with Crippen LogP contribution in [0.15, 0.2) is 16.5 Å². The van der Waals surface area contributed by atoms with Crippen LogP contribution in [-0.2, 0) is 6.61 Å². The monoisotopic (exact) mass is 310 g/mol. The van der Waals surface area contributed by atoms with Gasteiger partial charge >= 0.3 is 0 Å². The predicted octanol–water partition coefficient (Wildman–Crippen LogP) is 2.36. The lowest BCUT2D eigenvalue weighted by atomic mass is 10.1. The first-order valence-corrected chi connectivity index (χ1v) is 6.49. The molecule has 1 aliphatic heterocycles. The van der Waals surface area contributed by atoms with E-state index in [1.54, 1.807) is 0 Å². The minimum Gasteiger partial charge on any atom is -0.462 e. The van der Waals surface area contributed by atoms with Crippen molar-refractivity contribution in [3.05, 3.63) is 23.7 Å². The summed E-state index contributed by atoms with van der Waals surface area (Å²) in [5.74, 6) is 1.66. The van der Waals surface area contributed by atoms with Crippen LogP contribution in [0.1, 0.15) is 37.3 Å². The van der Waals surface area contributed by atoms with Crippen molar-refractivity contribution in [2.24, 2.45) is 0 Å². The van der Waals surface area contributed by atoms with E-state index in [2.05, 4.69) is 17.1 Å². The Morgan fingerprint density at radius 2 is 2.00 bits per heavy atom. The third-order valence-corrected chi connectivity index (χ3v) is 3.32. The molecule has 1 saturated heterocycles. The summed E-state index contributed by atoms with van der Waals surface area (Å²) in [5, 5.41) is 12.4. The number of hydrogen-bond acceptors (Lipinski definition) is 4. The third kappa shape index (κ3) is 4.97. The van der Waals surface area contributed by atoms with Crippen LogP contribution in [0.5, 0.6) is 0 Å². The third-order valence-electron chi connectivity index (χ3n) is 3.32. The molecule has 0 radical (unpaired) electrons. The van der Waals surface area contributed by atoms with Gasteiger partial charge in [-0.25, -0.2) is 0 Å². The number of aliphatic hydroxyl groups excluding tert-OH is 1. The lowest BCUT2D eigenvalue weighted by molar-refractivity contribution is 0.140. The Labute approximate surface area is 127 Å². The molecular weight excluding hydrogens is 287 g/mol. The zero-order chi connectivity index (χ0) is 12.1. The standard InChI is InChI=1S/C13H22N2O2.2ClH/c1-2-3-12(15-8-6-14-7-9-15)13-5-4-11(10-16)17-13;;/h4-5,12,14,16H,2-3,6-10H2,1H3;2*1H/t12-;;/m0../s1. The molecule has 2 heterocycles. The summed E-state index contributed by atoms with van der Waals surface area (Å²) in [5.41, 5.74) is 0. The second-order valence-corrected chi connectivity index (χ2v) is 4.55. The molecule has 2 N–H and O–H groups in total. The highest BCUT2D eigenvalue weighted by Crippen LogP contribution is 2.27. The highest BCUT2D eigenvalue weighted by atomic mass is 35.5. The maximum absolute atomic E-state index is 9.06. The van der Waals surface area contributed by atoms with Crippen molar-refractivity contribution < 1.29 is 9.52 Å². The summed E-state index contributed by atoms with van der Waals surface area (Å²) < 4.78 is 5.69. The van der Waals surface area contributed by atoms with Gasteiger partial charge in [0.25, 0.3) is 0 Å². The molecular formula is C13H24Cl2N2O2. The Kier molecular flexibility index (Phi) is 9.48. The molecule has 0 unspecified atom stereocenters. The van der Waals surface area contributed by atoms with E-state index >= 15 is 0 Å². The van der Waals surface area contributed by atoms with Gasteiger partial charge in [0.1, 0.15) is 18.1 Å². The molecule has 0 spiro atoms. The summed E-state index contributed by atoms with van der Waals surface area (Å²) in [4.78, 5) is 2.47. The number of piperazine rings is 1. The van der Waals surface area contributed by atoms with Gasteiger partial charge in [-0.3, -0.25) is 4.90 Å². The molecule has 0 aliphatic carbocycles. The number of halogens is 2. The van der Waals surface area contributed by atoms with Gasteiger partial charge < -0.3 is 14.8 Å². The Hall–Kier alpha value is -0.260. The van der Waals surface area contributed by atoms with E-state index in [9.17, 15) is 0 Å². The van der Waals surface area contributed by atoms with Crippen molar-refractivity contribution >= 4 is 24.8 Å². The van der Waals surface area contributed by atoms with Gasteiger partial charge in [-0.05, 0) is 18.6 Å². The number of nitrogens with one attached hydrogen (secondary N) is 1. The molecule has 0 saturated carbocycles. The quantitative estimate of drug-likeness (QED) is 0.876. The average Bonchev–Trinajstić information content (AvgIpc) is 2.85. The first-order chi connectivity index (χ1) is 8.35. The molecule has 0 aromatic carbocycles. The molecule has 6 heteroatoms. The zero-order valence-electron chi connectivity index (χ0n) is 11.3. The normalized spacial score (nSPS) is 17.4. The van der Waals surface area contributed by atoms with Gasteiger partial charge in [0.2, 0.25) is 0 Å². The lowest BCUT2D eigenvalue weighted by Gasteiger charge is -2.33. The number of rotatable bonds is 5. The van der Waals surface area contributed by atoms with Crippen molar-refractivity contribution in [3.8, 4) is 0 Å². The first-order valence-electron chi connectivity index (χ1n) is 6.49. The number of furan rings is 1. The highest BCUT2D eigenvalue weighted by Gasteiger charge is 2.23. The molecule has 0 bridgehead atoms. The highest BCUT2D eigenvalue weighted by molar-refractivity contribution is 5.85. The minimum absolute atomic E-state index is 0. The molecule has 112 valence electrons. The second-order valence-electron chi connectivity index (χ2n) is 4.55. The van der Waals surface area contributed by atoms with Gasteiger partial charge in [-0.1, -0.05) is 13.3 Å². The van der Waals surface area contributed by atoms with E-state index < -0.39 is 0 Å². The van der Waals surface area contributed by atoms with Crippen LogP contribution in [0, 0.1) is 0 Å². The van der Waals surface area contributed by atoms with Crippen LogP contribution in [0.2, 0.25) is 0 Å². The summed E-state index contributed by atoms with van der Waals surface area (Å²) in [6.07, 6.45) is 2.25. The fourth-order valence-electron chi connectivity index (χ4n) is 2.43. The number of nitrogens with zero attached hydrogens (tertiary/aromatic N) is 1. The Morgan fingerprint density at radius 3 is 2.53 bits per heavy atom. The van der Waals surface area contributed by atoms with E-state index in [1.807, 2.05) is 12.1 Å². The molecule has 1 atom stereocenters. The average molecular weight is 311 g/mol. The van der Waals surface area contributed by atoms with Crippen LogP contribution >= 0.6 is 24.8 Å². The van der Waals surface area contributed by atoms with Crippen LogP contribution in [0.25, 0.3) is 0 Å². The topological polar surface area (TPSA) is 48.6 Å². The Balaban J connectivity index is 0.00000162. The predicted molar refractivity (Wildman–Crippen MR) is 81.2 cm³/mol. The van der Waals surface area contributed by atoms with Gasteiger partial charge in [-0.15, -0.1) is 24.8 Å². The molecule has 4 nitrogen and oxygen atoms in total. The number of aliphatic hydroxyl groups is 1. The SMILES string of the molecule is CCC[C@@H](c1ccc(CO)o1)N1CCNCC1.Cl.Cl. The van der Waals surface area contributed by atoms with Crippen molar-refractivity contribution in [1.82, 2.24) is 10.2 Å². The summed E-state index contributed by atoms with van der Waals surface area (Å²) in [6.45, 7) is 6.42. The molecule has 0 amide bonds.